The van der Waals surface area contributed by atoms with E-state index in [-0.39, 0.29) is 29.5 Å². The Labute approximate surface area is 222 Å². The van der Waals surface area contributed by atoms with Crippen LogP contribution < -0.4 is 19.1 Å². The summed E-state index contributed by atoms with van der Waals surface area (Å²) in [4.78, 5) is 13.2. The van der Waals surface area contributed by atoms with Gasteiger partial charge in [0.05, 0.1) is 28.6 Å². The predicted molar refractivity (Wildman–Crippen MR) is 142 cm³/mol. The quantitative estimate of drug-likeness (QED) is 0.400. The molecule has 0 radical (unpaired) electrons. The second-order valence-electron chi connectivity index (χ2n) is 8.82. The van der Waals surface area contributed by atoms with E-state index in [4.69, 9.17) is 9.47 Å². The second-order valence-corrected chi connectivity index (χ2v) is 12.8. The van der Waals surface area contributed by atoms with E-state index >= 15 is 0 Å². The van der Waals surface area contributed by atoms with Crippen molar-refractivity contribution in [1.29, 1.82) is 0 Å². The summed E-state index contributed by atoms with van der Waals surface area (Å²) in [6, 6.07) is 19.2. The fraction of sp³-hybridized carbons (Fsp3) is 0.269. The lowest BCUT2D eigenvalue weighted by atomic mass is 10.2. The van der Waals surface area contributed by atoms with Gasteiger partial charge >= 0.3 is 0 Å². The van der Waals surface area contributed by atoms with Gasteiger partial charge in [0, 0.05) is 14.1 Å². The molecular weight excluding hydrogens is 530 g/mol. The Kier molecular flexibility index (Phi) is 7.95. The zero-order valence-electron chi connectivity index (χ0n) is 21.2. The van der Waals surface area contributed by atoms with Crippen LogP contribution in [0.2, 0.25) is 0 Å². The molecule has 10 nitrogen and oxygen atoms in total. The summed E-state index contributed by atoms with van der Waals surface area (Å²) >= 11 is 0. The van der Waals surface area contributed by atoms with Crippen LogP contribution in [0.3, 0.4) is 0 Å². The number of aryl methyl sites for hydroxylation is 1. The molecule has 0 bridgehead atoms. The van der Waals surface area contributed by atoms with E-state index in [0.29, 0.717) is 17.2 Å². The van der Waals surface area contributed by atoms with Crippen molar-refractivity contribution in [2.75, 3.05) is 38.1 Å². The Morgan fingerprint density at radius 3 is 2.26 bits per heavy atom. The van der Waals surface area contributed by atoms with Crippen LogP contribution in [0.25, 0.3) is 0 Å². The van der Waals surface area contributed by atoms with Crippen molar-refractivity contribution in [2.45, 2.75) is 22.8 Å². The largest absolute Gasteiger partial charge is 0.492 e. The maximum absolute atomic E-state index is 13.4. The van der Waals surface area contributed by atoms with Crippen LogP contribution in [0.1, 0.15) is 5.56 Å². The number of carbonyl (C=O) groups is 1. The Morgan fingerprint density at radius 2 is 1.61 bits per heavy atom. The molecule has 202 valence electrons. The topological polar surface area (TPSA) is 122 Å². The van der Waals surface area contributed by atoms with Gasteiger partial charge in [0.15, 0.2) is 6.10 Å². The van der Waals surface area contributed by atoms with Crippen molar-refractivity contribution < 1.29 is 31.1 Å². The van der Waals surface area contributed by atoms with E-state index in [0.717, 1.165) is 9.87 Å². The summed E-state index contributed by atoms with van der Waals surface area (Å²) in [6.07, 6.45) is -1.07. The predicted octanol–water partition coefficient (Wildman–Crippen LogP) is 2.40. The molecule has 1 aliphatic rings. The number of ether oxygens (including phenoxy) is 2. The van der Waals surface area contributed by atoms with E-state index in [1.807, 2.05) is 6.92 Å². The smallest absolute Gasteiger partial charge is 0.264 e. The minimum atomic E-state index is -3.94. The first-order valence-corrected chi connectivity index (χ1v) is 14.7. The number of nitrogens with zero attached hydrogens (tertiary/aromatic N) is 2. The number of amides is 1. The number of para-hydroxylation sites is 2. The van der Waals surface area contributed by atoms with Crippen molar-refractivity contribution in [2.24, 2.45) is 0 Å². The van der Waals surface area contributed by atoms with Gasteiger partial charge in [-0.2, -0.15) is 0 Å². The number of rotatable bonds is 9. The van der Waals surface area contributed by atoms with Gasteiger partial charge in [-0.25, -0.2) is 21.1 Å². The fourth-order valence-corrected chi connectivity index (χ4v) is 6.16. The highest BCUT2D eigenvalue weighted by Crippen LogP contribution is 2.36. The summed E-state index contributed by atoms with van der Waals surface area (Å²) in [5, 5.41) is 2.71. The summed E-state index contributed by atoms with van der Waals surface area (Å²) in [6.45, 7) is 1.92. The first kappa shape index (κ1) is 27.4. The number of hydrogen-bond acceptors (Lipinski definition) is 7. The molecule has 0 saturated carbocycles. The minimum Gasteiger partial charge on any atom is -0.492 e. The molecule has 1 heterocycles. The molecule has 0 aliphatic carbocycles. The molecule has 0 saturated heterocycles. The fourth-order valence-electron chi connectivity index (χ4n) is 3.78. The number of nitrogens with one attached hydrogen (secondary N) is 1. The zero-order chi connectivity index (χ0) is 27.5. The molecule has 0 spiro atoms. The monoisotopic (exact) mass is 559 g/mol. The maximum atomic E-state index is 13.4. The molecule has 3 aromatic carbocycles. The lowest BCUT2D eigenvalue weighted by Crippen LogP contribution is -2.51. The van der Waals surface area contributed by atoms with Crippen LogP contribution >= 0.6 is 0 Å². The average Bonchev–Trinajstić information content (AvgIpc) is 2.90. The molecular formula is C26H29N3O7S2. The third-order valence-corrected chi connectivity index (χ3v) is 9.53. The van der Waals surface area contributed by atoms with Crippen molar-refractivity contribution in [3.05, 3.63) is 78.4 Å². The van der Waals surface area contributed by atoms with E-state index in [1.54, 1.807) is 36.4 Å². The van der Waals surface area contributed by atoms with Gasteiger partial charge in [-0.3, -0.25) is 9.10 Å². The Bertz CT molecular complexity index is 1510. The Balaban J connectivity index is 1.39. The first-order valence-electron chi connectivity index (χ1n) is 11.8. The van der Waals surface area contributed by atoms with Gasteiger partial charge in [0.2, 0.25) is 10.0 Å². The van der Waals surface area contributed by atoms with E-state index in [2.05, 4.69) is 5.32 Å². The number of carbonyl (C=O) groups excluding carboxylic acids is 1. The molecule has 1 aliphatic heterocycles. The Morgan fingerprint density at radius 1 is 0.974 bits per heavy atom. The van der Waals surface area contributed by atoms with Crippen LogP contribution in [0.5, 0.6) is 11.5 Å². The SMILES string of the molecule is Cc1ccc(S(=O)(=O)N2C[C@@H](C(=O)NCCOc3ccc(S(=O)(=O)N(C)C)cc3)Oc3ccccc32)cc1. The average molecular weight is 560 g/mol. The lowest BCUT2D eigenvalue weighted by molar-refractivity contribution is -0.127. The van der Waals surface area contributed by atoms with Gasteiger partial charge in [0.1, 0.15) is 18.1 Å². The van der Waals surface area contributed by atoms with Crippen molar-refractivity contribution in [1.82, 2.24) is 9.62 Å². The van der Waals surface area contributed by atoms with Crippen LogP contribution in [-0.4, -0.2) is 66.9 Å². The molecule has 0 fully saturated rings. The molecule has 0 unspecified atom stereocenters. The van der Waals surface area contributed by atoms with E-state index in [1.165, 1.54) is 54.8 Å². The van der Waals surface area contributed by atoms with Crippen molar-refractivity contribution >= 4 is 31.6 Å². The number of anilines is 1. The highest BCUT2D eigenvalue weighted by Gasteiger charge is 2.37. The van der Waals surface area contributed by atoms with Crippen LogP contribution in [-0.2, 0) is 24.8 Å². The first-order chi connectivity index (χ1) is 18.0. The molecule has 38 heavy (non-hydrogen) atoms. The van der Waals surface area contributed by atoms with Crippen LogP contribution in [0, 0.1) is 6.92 Å². The van der Waals surface area contributed by atoms with Crippen LogP contribution in [0.4, 0.5) is 5.69 Å². The summed E-state index contributed by atoms with van der Waals surface area (Å²) in [5.41, 5.74) is 1.29. The van der Waals surface area contributed by atoms with Gasteiger partial charge in [-0.1, -0.05) is 29.8 Å². The van der Waals surface area contributed by atoms with Gasteiger partial charge < -0.3 is 14.8 Å². The van der Waals surface area contributed by atoms with Crippen molar-refractivity contribution in [3.8, 4) is 11.5 Å². The number of hydrogen-bond donors (Lipinski definition) is 1. The number of fused-ring (bicyclic) bond motifs is 1. The normalized spacial score (nSPS) is 15.5. The maximum Gasteiger partial charge on any atom is 0.264 e. The zero-order valence-corrected chi connectivity index (χ0v) is 22.8. The summed E-state index contributed by atoms with van der Waals surface area (Å²) in [7, 11) is -4.57. The highest BCUT2D eigenvalue weighted by atomic mass is 32.2. The van der Waals surface area contributed by atoms with Gasteiger partial charge in [-0.15, -0.1) is 0 Å². The number of sulfonamides is 2. The van der Waals surface area contributed by atoms with Gasteiger partial charge in [0.25, 0.3) is 15.9 Å². The minimum absolute atomic E-state index is 0.111. The standard InChI is InChI=1S/C26H29N3O7S2/c1-19-8-12-22(13-9-19)38(33,34)29-18-25(36-24-7-5-4-6-23(24)29)26(30)27-16-17-35-20-10-14-21(15-11-20)37(31,32)28(2)3/h4-15,25H,16-18H2,1-3H3,(H,27,30)/t25-/m0/s1. The van der Waals surface area contributed by atoms with E-state index < -0.39 is 32.1 Å². The highest BCUT2D eigenvalue weighted by molar-refractivity contribution is 7.92. The third-order valence-electron chi connectivity index (χ3n) is 5.91. The van der Waals surface area contributed by atoms with Gasteiger partial charge in [-0.05, 0) is 55.5 Å². The molecule has 4 rings (SSSR count). The lowest BCUT2D eigenvalue weighted by Gasteiger charge is -2.34. The summed E-state index contributed by atoms with van der Waals surface area (Å²) in [5.74, 6) is 0.244. The summed E-state index contributed by atoms with van der Waals surface area (Å²) < 4.78 is 65.0. The molecule has 1 amide bonds. The van der Waals surface area contributed by atoms with Crippen molar-refractivity contribution in [3.63, 3.8) is 0 Å². The molecule has 1 atom stereocenters. The molecule has 0 aromatic heterocycles. The molecule has 12 heteroatoms. The van der Waals surface area contributed by atoms with E-state index in [9.17, 15) is 21.6 Å². The molecule has 1 N–H and O–H groups in total. The molecule has 3 aromatic rings. The second kappa shape index (κ2) is 11.0. The van der Waals surface area contributed by atoms with Crippen LogP contribution in [0.15, 0.2) is 82.6 Å². The third kappa shape index (κ3) is 5.77. The Hall–Kier alpha value is -3.61. The number of benzene rings is 3.